The van der Waals surface area contributed by atoms with E-state index in [1.54, 1.807) is 0 Å². The van der Waals surface area contributed by atoms with Gasteiger partial charge in [-0.1, -0.05) is 110 Å². The van der Waals surface area contributed by atoms with Gasteiger partial charge in [-0.2, -0.15) is 0 Å². The maximum absolute atomic E-state index is 14.3. The van der Waals surface area contributed by atoms with Crippen molar-refractivity contribution in [2.45, 2.75) is 31.3 Å². The van der Waals surface area contributed by atoms with Gasteiger partial charge in [-0.25, -0.2) is 0 Å². The van der Waals surface area contributed by atoms with Crippen LogP contribution < -0.4 is 27.4 Å². The molecule has 1 unspecified atom stereocenters. The fourth-order valence-electron chi connectivity index (χ4n) is 5.06. The molecular weight excluding hydrogens is 423 g/mol. The van der Waals surface area contributed by atoms with Gasteiger partial charge >= 0.3 is 0 Å². The van der Waals surface area contributed by atoms with E-state index in [0.717, 1.165) is 40.9 Å². The standard InChI is InChI=1S/C29H29N2OP/c30-29(31)20-10-9-17-25(29)28(32)27-24-16-8-7-11-21(24)18-19-26(27)33(22-12-3-1-4-13-22)23-14-5-2-6-15-23/h1-8,11-16,18-19,25H,9-10,17,20,30-31H2. The van der Waals surface area contributed by atoms with E-state index in [1.165, 1.54) is 10.6 Å². The van der Waals surface area contributed by atoms with Crippen LogP contribution in [-0.4, -0.2) is 11.4 Å². The molecule has 0 amide bonds. The lowest BCUT2D eigenvalue weighted by atomic mass is 9.75. The molecule has 1 fully saturated rings. The molecule has 0 aromatic heterocycles. The Hall–Kier alpha value is -2.84. The number of carbonyl (C=O) groups excluding carboxylic acids is 1. The molecule has 1 aliphatic rings. The topological polar surface area (TPSA) is 69.1 Å². The third kappa shape index (κ3) is 4.25. The Labute approximate surface area is 196 Å². The number of fused-ring (bicyclic) bond motifs is 1. The molecule has 0 heterocycles. The Morgan fingerprint density at radius 3 is 2.00 bits per heavy atom. The molecule has 0 spiro atoms. The summed E-state index contributed by atoms with van der Waals surface area (Å²) in [5, 5.41) is 5.57. The molecule has 5 rings (SSSR count). The van der Waals surface area contributed by atoms with E-state index < -0.39 is 13.6 Å². The molecule has 3 nitrogen and oxygen atoms in total. The smallest absolute Gasteiger partial charge is 0.170 e. The van der Waals surface area contributed by atoms with Crippen molar-refractivity contribution in [1.29, 1.82) is 0 Å². The summed E-state index contributed by atoms with van der Waals surface area (Å²) in [5.74, 6) is -0.287. The molecule has 0 bridgehead atoms. The molecule has 0 aliphatic heterocycles. The first-order chi connectivity index (χ1) is 16.1. The van der Waals surface area contributed by atoms with E-state index in [1.807, 2.05) is 24.3 Å². The van der Waals surface area contributed by atoms with Crippen molar-refractivity contribution in [1.82, 2.24) is 0 Å². The monoisotopic (exact) mass is 452 g/mol. The zero-order chi connectivity index (χ0) is 22.8. The van der Waals surface area contributed by atoms with Crippen LogP contribution in [0, 0.1) is 5.92 Å². The summed E-state index contributed by atoms with van der Waals surface area (Å²) >= 11 is 0. The predicted octanol–water partition coefficient (Wildman–Crippen LogP) is 4.58. The molecule has 0 radical (unpaired) electrons. The van der Waals surface area contributed by atoms with Gasteiger partial charge in [-0.05, 0) is 47.4 Å². The van der Waals surface area contributed by atoms with Crippen LogP contribution in [0.1, 0.15) is 36.0 Å². The van der Waals surface area contributed by atoms with Crippen LogP contribution in [0.3, 0.4) is 0 Å². The molecule has 166 valence electrons. The second-order valence-corrected chi connectivity index (χ2v) is 11.1. The van der Waals surface area contributed by atoms with Crippen LogP contribution in [0.5, 0.6) is 0 Å². The van der Waals surface area contributed by atoms with Gasteiger partial charge in [0, 0.05) is 5.56 Å². The van der Waals surface area contributed by atoms with Gasteiger partial charge in [0.25, 0.3) is 0 Å². The number of Topliss-reactive ketones (excluding diaryl/α,β-unsaturated/α-hetero) is 1. The van der Waals surface area contributed by atoms with Gasteiger partial charge < -0.3 is 11.5 Å². The van der Waals surface area contributed by atoms with Crippen LogP contribution in [-0.2, 0) is 0 Å². The Morgan fingerprint density at radius 1 is 0.758 bits per heavy atom. The molecule has 1 aliphatic carbocycles. The summed E-state index contributed by atoms with van der Waals surface area (Å²) in [6.07, 6.45) is 3.37. The Balaban J connectivity index is 1.76. The van der Waals surface area contributed by atoms with Crippen molar-refractivity contribution in [2.24, 2.45) is 17.4 Å². The lowest BCUT2D eigenvalue weighted by Crippen LogP contribution is -2.59. The quantitative estimate of drug-likeness (QED) is 0.265. The molecule has 1 saturated carbocycles. The fraction of sp³-hybridized carbons (Fsp3) is 0.207. The van der Waals surface area contributed by atoms with Gasteiger partial charge in [-0.3, -0.25) is 4.79 Å². The third-order valence-electron chi connectivity index (χ3n) is 6.74. The van der Waals surface area contributed by atoms with Gasteiger partial charge in [0.15, 0.2) is 5.78 Å². The van der Waals surface area contributed by atoms with E-state index in [9.17, 15) is 4.79 Å². The average molecular weight is 453 g/mol. The van der Waals surface area contributed by atoms with E-state index in [4.69, 9.17) is 11.5 Å². The zero-order valence-corrected chi connectivity index (χ0v) is 19.5. The molecule has 4 heteroatoms. The largest absolute Gasteiger partial charge is 0.313 e. The molecule has 1 atom stereocenters. The second-order valence-electron chi connectivity index (χ2n) is 8.96. The van der Waals surface area contributed by atoms with Crippen molar-refractivity contribution in [3.63, 3.8) is 0 Å². The molecule has 4 N–H and O–H groups in total. The number of rotatable bonds is 5. The number of carbonyl (C=O) groups is 1. The summed E-state index contributed by atoms with van der Waals surface area (Å²) in [5.41, 5.74) is 12.9. The Kier molecular flexibility index (Phi) is 6.12. The first-order valence-corrected chi connectivity index (χ1v) is 12.9. The average Bonchev–Trinajstić information content (AvgIpc) is 2.85. The van der Waals surface area contributed by atoms with Gasteiger partial charge in [0.05, 0.1) is 11.6 Å². The third-order valence-corrected chi connectivity index (χ3v) is 9.22. The molecule has 33 heavy (non-hydrogen) atoms. The summed E-state index contributed by atoms with van der Waals surface area (Å²) in [7, 11) is -0.927. The number of benzene rings is 4. The highest BCUT2D eigenvalue weighted by Gasteiger charge is 2.40. The van der Waals surface area contributed by atoms with Crippen molar-refractivity contribution in [3.05, 3.63) is 103 Å². The van der Waals surface area contributed by atoms with Crippen LogP contribution in [0.25, 0.3) is 10.8 Å². The van der Waals surface area contributed by atoms with Crippen LogP contribution in [0.4, 0.5) is 0 Å². The van der Waals surface area contributed by atoms with Crippen molar-refractivity contribution in [2.75, 3.05) is 0 Å². The highest BCUT2D eigenvalue weighted by atomic mass is 31.1. The van der Waals surface area contributed by atoms with Crippen LogP contribution in [0.15, 0.2) is 97.1 Å². The highest BCUT2D eigenvalue weighted by Crippen LogP contribution is 2.39. The first kappa shape index (κ1) is 22.0. The van der Waals surface area contributed by atoms with Crippen LogP contribution >= 0.6 is 7.92 Å². The molecular formula is C29H29N2OP. The Morgan fingerprint density at radius 2 is 1.36 bits per heavy atom. The maximum atomic E-state index is 14.3. The molecule has 4 aromatic carbocycles. The van der Waals surface area contributed by atoms with Gasteiger partial charge in [0.2, 0.25) is 0 Å². The van der Waals surface area contributed by atoms with E-state index in [0.29, 0.717) is 6.42 Å². The normalized spacial score (nSPS) is 17.8. The summed E-state index contributed by atoms with van der Waals surface area (Å²) < 4.78 is 0. The minimum absolute atomic E-state index is 0.0888. The fourth-order valence-corrected chi connectivity index (χ4v) is 7.53. The van der Waals surface area contributed by atoms with Crippen LogP contribution in [0.2, 0.25) is 0 Å². The van der Waals surface area contributed by atoms with Gasteiger partial charge in [0.1, 0.15) is 0 Å². The van der Waals surface area contributed by atoms with E-state index in [-0.39, 0.29) is 11.7 Å². The van der Waals surface area contributed by atoms with Gasteiger partial charge in [-0.15, -0.1) is 0 Å². The van der Waals surface area contributed by atoms with E-state index in [2.05, 4.69) is 72.8 Å². The maximum Gasteiger partial charge on any atom is 0.170 e. The highest BCUT2D eigenvalue weighted by molar-refractivity contribution is 7.80. The lowest BCUT2D eigenvalue weighted by Gasteiger charge is -2.37. The minimum atomic E-state index is -0.966. The minimum Gasteiger partial charge on any atom is -0.313 e. The Bertz CT molecular complexity index is 1230. The lowest BCUT2D eigenvalue weighted by molar-refractivity contribution is 0.0794. The predicted molar refractivity (Wildman–Crippen MR) is 140 cm³/mol. The van der Waals surface area contributed by atoms with Crippen molar-refractivity contribution < 1.29 is 4.79 Å². The van der Waals surface area contributed by atoms with Crippen molar-refractivity contribution >= 4 is 40.4 Å². The number of hydrogen-bond acceptors (Lipinski definition) is 3. The molecule has 4 aromatic rings. The number of nitrogens with two attached hydrogens (primary N) is 2. The summed E-state index contributed by atoms with van der Waals surface area (Å²) in [4.78, 5) is 14.3. The summed E-state index contributed by atoms with van der Waals surface area (Å²) in [6.45, 7) is 0. The number of ketones is 1. The van der Waals surface area contributed by atoms with E-state index >= 15 is 0 Å². The zero-order valence-electron chi connectivity index (χ0n) is 18.7. The second kappa shape index (κ2) is 9.19. The first-order valence-electron chi connectivity index (χ1n) is 11.6. The summed E-state index contributed by atoms with van der Waals surface area (Å²) in [6, 6.07) is 33.5. The SMILES string of the molecule is NC1(N)CCCCC1C(=O)c1c(P(c2ccccc2)c2ccccc2)ccc2ccccc12. The number of hydrogen-bond donors (Lipinski definition) is 2. The van der Waals surface area contributed by atoms with Crippen molar-refractivity contribution in [3.8, 4) is 0 Å². The molecule has 0 saturated heterocycles.